The zero-order valence-corrected chi connectivity index (χ0v) is 19.5. The number of aryl methyl sites for hydroxylation is 1. The zero-order chi connectivity index (χ0) is 24.7. The van der Waals surface area contributed by atoms with Gasteiger partial charge in [-0.3, -0.25) is 14.5 Å². The average Bonchev–Trinajstić information content (AvgIpc) is 3.41. The molecule has 4 aromatic rings. The normalized spacial score (nSPS) is 17.2. The van der Waals surface area contributed by atoms with E-state index in [2.05, 4.69) is 4.98 Å². The van der Waals surface area contributed by atoms with Crippen LogP contribution in [0.2, 0.25) is 0 Å². The first-order valence-corrected chi connectivity index (χ1v) is 11.1. The number of aromatic amines is 1. The number of aliphatic hydroxyl groups excluding tert-OH is 1. The van der Waals surface area contributed by atoms with Gasteiger partial charge in [0.15, 0.2) is 11.5 Å². The van der Waals surface area contributed by atoms with E-state index in [1.165, 1.54) is 19.1 Å². The molecule has 1 aliphatic rings. The predicted molar refractivity (Wildman–Crippen MR) is 134 cm³/mol. The Morgan fingerprint density at radius 3 is 2.46 bits per heavy atom. The van der Waals surface area contributed by atoms with Gasteiger partial charge in [-0.15, -0.1) is 0 Å². The topological polar surface area (TPSA) is 91.9 Å². The minimum Gasteiger partial charge on any atom is -0.507 e. The molecule has 1 saturated heterocycles. The second kappa shape index (κ2) is 8.68. The van der Waals surface area contributed by atoms with Gasteiger partial charge in [0.2, 0.25) is 0 Å². The first-order valence-electron chi connectivity index (χ1n) is 11.1. The molecule has 0 aliphatic carbocycles. The zero-order valence-electron chi connectivity index (χ0n) is 19.5. The smallest absolute Gasteiger partial charge is 0.300 e. The molecule has 5 rings (SSSR count). The summed E-state index contributed by atoms with van der Waals surface area (Å²) in [4.78, 5) is 31.5. The first kappa shape index (κ1) is 22.3. The molecule has 2 heterocycles. The number of methoxy groups -OCH3 is 2. The van der Waals surface area contributed by atoms with E-state index in [-0.39, 0.29) is 11.3 Å². The maximum atomic E-state index is 13.4. The van der Waals surface area contributed by atoms with Crippen LogP contribution in [0.4, 0.5) is 5.69 Å². The predicted octanol–water partition coefficient (Wildman–Crippen LogP) is 5.12. The lowest BCUT2D eigenvalue weighted by atomic mass is 9.94. The van der Waals surface area contributed by atoms with Crippen LogP contribution in [0.1, 0.15) is 22.7 Å². The highest BCUT2D eigenvalue weighted by atomic mass is 16.5. The van der Waals surface area contributed by atoms with Crippen molar-refractivity contribution in [2.45, 2.75) is 13.0 Å². The van der Waals surface area contributed by atoms with E-state index in [1.807, 2.05) is 49.4 Å². The number of fused-ring (bicyclic) bond motifs is 1. The van der Waals surface area contributed by atoms with Crippen LogP contribution in [-0.4, -0.2) is 36.0 Å². The third-order valence-electron chi connectivity index (χ3n) is 6.30. The van der Waals surface area contributed by atoms with E-state index < -0.39 is 17.7 Å². The maximum Gasteiger partial charge on any atom is 0.300 e. The van der Waals surface area contributed by atoms with Gasteiger partial charge in [0, 0.05) is 33.9 Å². The third-order valence-corrected chi connectivity index (χ3v) is 6.30. The van der Waals surface area contributed by atoms with Crippen molar-refractivity contribution in [3.05, 3.63) is 95.2 Å². The van der Waals surface area contributed by atoms with Crippen molar-refractivity contribution in [1.29, 1.82) is 0 Å². The summed E-state index contributed by atoms with van der Waals surface area (Å²) in [7, 11) is 3.01. The van der Waals surface area contributed by atoms with Crippen LogP contribution in [-0.2, 0) is 9.59 Å². The van der Waals surface area contributed by atoms with E-state index in [0.29, 0.717) is 28.3 Å². The van der Waals surface area contributed by atoms with Gasteiger partial charge in [0.1, 0.15) is 5.76 Å². The number of amides is 1. The Labute approximate surface area is 202 Å². The quantitative estimate of drug-likeness (QED) is 0.241. The Morgan fingerprint density at radius 2 is 1.71 bits per heavy atom. The van der Waals surface area contributed by atoms with E-state index >= 15 is 0 Å². The Morgan fingerprint density at radius 1 is 0.943 bits per heavy atom. The number of para-hydroxylation sites is 1. The molecule has 3 aromatic carbocycles. The summed E-state index contributed by atoms with van der Waals surface area (Å²) in [6.45, 7) is 1.92. The molecule has 7 nitrogen and oxygen atoms in total. The fourth-order valence-corrected chi connectivity index (χ4v) is 4.63. The van der Waals surface area contributed by atoms with Crippen LogP contribution in [0.3, 0.4) is 0 Å². The summed E-state index contributed by atoms with van der Waals surface area (Å²) < 4.78 is 10.7. The SMILES string of the molecule is COc1ccc(/C(O)=C2\C(=O)C(=O)N(c3cccc(C)c3)C2c2c[nH]c3ccccc23)cc1OC. The molecule has 1 aliphatic heterocycles. The molecule has 1 amide bonds. The van der Waals surface area contributed by atoms with Crippen LogP contribution in [0.15, 0.2) is 78.5 Å². The highest BCUT2D eigenvalue weighted by Gasteiger charge is 2.47. The number of carbonyl (C=O) groups excluding carboxylic acids is 2. The number of hydrogen-bond acceptors (Lipinski definition) is 5. The number of nitrogens with one attached hydrogen (secondary N) is 1. The van der Waals surface area contributed by atoms with Gasteiger partial charge >= 0.3 is 0 Å². The molecule has 0 saturated carbocycles. The number of H-pyrrole nitrogens is 1. The minimum absolute atomic E-state index is 0.00785. The molecule has 1 fully saturated rings. The first-order chi connectivity index (χ1) is 16.9. The number of anilines is 1. The van der Waals surface area contributed by atoms with Crippen molar-refractivity contribution in [3.8, 4) is 11.5 Å². The molecule has 1 unspecified atom stereocenters. The van der Waals surface area contributed by atoms with Crippen molar-refractivity contribution in [2.24, 2.45) is 0 Å². The molecule has 176 valence electrons. The van der Waals surface area contributed by atoms with E-state index in [0.717, 1.165) is 16.5 Å². The Kier molecular flexibility index (Phi) is 5.53. The summed E-state index contributed by atoms with van der Waals surface area (Å²) in [5.41, 5.74) is 3.45. The Bertz CT molecular complexity index is 1500. The lowest BCUT2D eigenvalue weighted by Gasteiger charge is -2.25. The number of carbonyl (C=O) groups is 2. The largest absolute Gasteiger partial charge is 0.507 e. The van der Waals surface area contributed by atoms with Crippen LogP contribution in [0, 0.1) is 6.92 Å². The summed E-state index contributed by atoms with van der Waals surface area (Å²) in [6.07, 6.45) is 1.78. The highest BCUT2D eigenvalue weighted by Crippen LogP contribution is 2.45. The van der Waals surface area contributed by atoms with Crippen molar-refractivity contribution in [1.82, 2.24) is 4.98 Å². The van der Waals surface area contributed by atoms with Gasteiger partial charge < -0.3 is 19.6 Å². The van der Waals surface area contributed by atoms with Crippen LogP contribution in [0.25, 0.3) is 16.7 Å². The molecular weight excluding hydrogens is 444 g/mol. The summed E-state index contributed by atoms with van der Waals surface area (Å²) in [5.74, 6) is -0.859. The van der Waals surface area contributed by atoms with E-state index in [9.17, 15) is 14.7 Å². The van der Waals surface area contributed by atoms with Gasteiger partial charge in [0.25, 0.3) is 11.7 Å². The van der Waals surface area contributed by atoms with E-state index in [1.54, 1.807) is 30.5 Å². The van der Waals surface area contributed by atoms with E-state index in [4.69, 9.17) is 9.47 Å². The molecule has 1 aromatic heterocycles. The monoisotopic (exact) mass is 468 g/mol. The summed E-state index contributed by atoms with van der Waals surface area (Å²) in [6, 6.07) is 19.1. The van der Waals surface area contributed by atoms with Gasteiger partial charge in [-0.05, 0) is 48.9 Å². The molecule has 0 spiro atoms. The second-order valence-corrected chi connectivity index (χ2v) is 8.37. The Balaban J connectivity index is 1.77. The summed E-state index contributed by atoms with van der Waals surface area (Å²) >= 11 is 0. The molecule has 7 heteroatoms. The Hall–Kier alpha value is -4.52. The van der Waals surface area contributed by atoms with Crippen molar-refractivity contribution < 1.29 is 24.2 Å². The van der Waals surface area contributed by atoms with Gasteiger partial charge in [-0.25, -0.2) is 0 Å². The molecule has 0 radical (unpaired) electrons. The number of aliphatic hydroxyl groups is 1. The number of ketones is 1. The lowest BCUT2D eigenvalue weighted by molar-refractivity contribution is -0.132. The highest BCUT2D eigenvalue weighted by molar-refractivity contribution is 6.51. The maximum absolute atomic E-state index is 13.4. The number of benzene rings is 3. The van der Waals surface area contributed by atoms with Gasteiger partial charge in [0.05, 0.1) is 25.8 Å². The van der Waals surface area contributed by atoms with Crippen molar-refractivity contribution >= 4 is 34.0 Å². The number of Topliss-reactive ketones (excluding diaryl/α,β-unsaturated/α-hetero) is 1. The van der Waals surface area contributed by atoms with Crippen molar-refractivity contribution in [3.63, 3.8) is 0 Å². The molecule has 0 bridgehead atoms. The average molecular weight is 469 g/mol. The van der Waals surface area contributed by atoms with Crippen LogP contribution in [0.5, 0.6) is 11.5 Å². The minimum atomic E-state index is -0.832. The van der Waals surface area contributed by atoms with Crippen LogP contribution < -0.4 is 14.4 Å². The van der Waals surface area contributed by atoms with Gasteiger partial charge in [-0.2, -0.15) is 0 Å². The summed E-state index contributed by atoms with van der Waals surface area (Å²) in [5, 5.41) is 12.3. The molecule has 1 atom stereocenters. The van der Waals surface area contributed by atoms with Crippen molar-refractivity contribution in [2.75, 3.05) is 19.1 Å². The number of hydrogen-bond donors (Lipinski definition) is 2. The number of rotatable bonds is 5. The third kappa shape index (κ3) is 3.61. The number of ether oxygens (including phenoxy) is 2. The van der Waals surface area contributed by atoms with Crippen LogP contribution >= 0.6 is 0 Å². The number of aromatic nitrogens is 1. The second-order valence-electron chi connectivity index (χ2n) is 8.37. The lowest BCUT2D eigenvalue weighted by Crippen LogP contribution is -2.29. The number of nitrogens with zero attached hydrogens (tertiary/aromatic N) is 1. The molecular formula is C28H24N2O5. The standard InChI is InChI=1S/C28H24N2O5/c1-16-7-6-8-18(13-16)30-25(20-15-29-21-10-5-4-9-19(20)21)24(27(32)28(30)33)26(31)17-11-12-22(34-2)23(14-17)35-3/h4-15,25,29,31H,1-3H3/b26-24+. The fraction of sp³-hybridized carbons (Fsp3) is 0.143. The molecule has 2 N–H and O–H groups in total. The fourth-order valence-electron chi connectivity index (χ4n) is 4.63. The van der Waals surface area contributed by atoms with Gasteiger partial charge in [-0.1, -0.05) is 30.3 Å². The molecule has 35 heavy (non-hydrogen) atoms.